The fourth-order valence-corrected chi connectivity index (χ4v) is 2.06. The molecule has 0 unspecified atom stereocenters. The molecule has 7 heteroatoms. The van der Waals surface area contributed by atoms with Gasteiger partial charge in [-0.25, -0.2) is 8.42 Å². The predicted octanol–water partition coefficient (Wildman–Crippen LogP) is 1.74. The van der Waals surface area contributed by atoms with Crippen LogP contribution in [0.15, 0.2) is 24.3 Å². The Kier molecular flexibility index (Phi) is 6.69. The van der Waals surface area contributed by atoms with Gasteiger partial charge in [-0.15, -0.1) is 0 Å². The standard InChI is InChI=1S/C14H18N2O4S/c1-21(18,19)10-7-14(17)16-12-5-4-6-13(11-12)20-9-3-2-8-15/h4-6,11H,2-3,7,9-10H2,1H3,(H,16,17). The number of carbonyl (C=O) groups excluding carboxylic acids is 1. The molecule has 0 aliphatic heterocycles. The van der Waals surface area contributed by atoms with Gasteiger partial charge in [-0.3, -0.25) is 4.79 Å². The van der Waals surface area contributed by atoms with Crippen molar-refractivity contribution in [3.8, 4) is 11.8 Å². The molecule has 0 aromatic heterocycles. The lowest BCUT2D eigenvalue weighted by Gasteiger charge is -2.08. The van der Waals surface area contributed by atoms with Crippen LogP contribution in [0.3, 0.4) is 0 Å². The van der Waals surface area contributed by atoms with Gasteiger partial charge < -0.3 is 10.1 Å². The van der Waals surface area contributed by atoms with Crippen molar-refractivity contribution >= 4 is 21.4 Å². The van der Waals surface area contributed by atoms with Gasteiger partial charge in [0.15, 0.2) is 0 Å². The second-order valence-electron chi connectivity index (χ2n) is 4.57. The van der Waals surface area contributed by atoms with Gasteiger partial charge in [-0.2, -0.15) is 5.26 Å². The highest BCUT2D eigenvalue weighted by Crippen LogP contribution is 2.17. The zero-order valence-corrected chi connectivity index (χ0v) is 12.6. The Morgan fingerprint density at radius 1 is 1.43 bits per heavy atom. The number of unbranched alkanes of at least 4 members (excludes halogenated alkanes) is 1. The zero-order valence-electron chi connectivity index (χ0n) is 11.8. The van der Waals surface area contributed by atoms with Gasteiger partial charge in [0.1, 0.15) is 15.6 Å². The van der Waals surface area contributed by atoms with E-state index in [0.717, 1.165) is 6.26 Å². The van der Waals surface area contributed by atoms with Gasteiger partial charge in [-0.1, -0.05) is 6.07 Å². The molecule has 0 saturated heterocycles. The molecule has 0 heterocycles. The van der Waals surface area contributed by atoms with E-state index in [4.69, 9.17) is 10.00 Å². The van der Waals surface area contributed by atoms with Crippen molar-refractivity contribution in [2.24, 2.45) is 0 Å². The molecule has 0 atom stereocenters. The molecule has 21 heavy (non-hydrogen) atoms. The Balaban J connectivity index is 2.48. The molecule has 0 radical (unpaired) electrons. The predicted molar refractivity (Wildman–Crippen MR) is 79.7 cm³/mol. The van der Waals surface area contributed by atoms with E-state index in [1.807, 2.05) is 6.07 Å². The van der Waals surface area contributed by atoms with E-state index in [1.54, 1.807) is 24.3 Å². The number of ether oxygens (including phenoxy) is 1. The quantitative estimate of drug-likeness (QED) is 0.738. The lowest BCUT2D eigenvalue weighted by Crippen LogP contribution is -2.16. The Labute approximate surface area is 124 Å². The molecular weight excluding hydrogens is 292 g/mol. The van der Waals surface area contributed by atoms with Crippen LogP contribution in [0.2, 0.25) is 0 Å². The average Bonchev–Trinajstić information content (AvgIpc) is 2.41. The summed E-state index contributed by atoms with van der Waals surface area (Å²) < 4.78 is 27.4. The summed E-state index contributed by atoms with van der Waals surface area (Å²) in [7, 11) is -3.15. The van der Waals surface area contributed by atoms with E-state index in [1.165, 1.54) is 0 Å². The number of anilines is 1. The molecule has 0 aliphatic carbocycles. The van der Waals surface area contributed by atoms with E-state index in [0.29, 0.717) is 30.9 Å². The van der Waals surface area contributed by atoms with E-state index >= 15 is 0 Å². The van der Waals surface area contributed by atoms with Crippen LogP contribution in [0.4, 0.5) is 5.69 Å². The normalized spacial score (nSPS) is 10.7. The van der Waals surface area contributed by atoms with E-state index < -0.39 is 9.84 Å². The van der Waals surface area contributed by atoms with Gasteiger partial charge in [0, 0.05) is 30.9 Å². The molecule has 114 valence electrons. The molecule has 0 aliphatic rings. The summed E-state index contributed by atoms with van der Waals surface area (Å²) in [6.45, 7) is 0.430. The average molecular weight is 310 g/mol. The molecule has 0 spiro atoms. The second-order valence-corrected chi connectivity index (χ2v) is 6.83. The van der Waals surface area contributed by atoms with Crippen LogP contribution in [0, 0.1) is 11.3 Å². The monoisotopic (exact) mass is 310 g/mol. The maximum atomic E-state index is 11.6. The summed E-state index contributed by atoms with van der Waals surface area (Å²) >= 11 is 0. The maximum absolute atomic E-state index is 11.6. The topological polar surface area (TPSA) is 96.3 Å². The van der Waals surface area contributed by atoms with Crippen LogP contribution < -0.4 is 10.1 Å². The van der Waals surface area contributed by atoms with Crippen LogP contribution in [0.25, 0.3) is 0 Å². The number of nitriles is 1. The lowest BCUT2D eigenvalue weighted by molar-refractivity contribution is -0.115. The molecule has 0 fully saturated rings. The summed E-state index contributed by atoms with van der Waals surface area (Å²) in [5.74, 6) is 0.0549. The molecule has 1 aromatic rings. The summed E-state index contributed by atoms with van der Waals surface area (Å²) in [6.07, 6.45) is 2.09. The van der Waals surface area contributed by atoms with E-state index in [-0.39, 0.29) is 18.1 Å². The number of rotatable bonds is 8. The molecule has 0 bridgehead atoms. The van der Waals surface area contributed by atoms with Crippen LogP contribution in [0.1, 0.15) is 19.3 Å². The van der Waals surface area contributed by atoms with E-state index in [2.05, 4.69) is 5.32 Å². The first-order chi connectivity index (χ1) is 9.90. The highest BCUT2D eigenvalue weighted by Gasteiger charge is 2.08. The number of carbonyl (C=O) groups is 1. The summed E-state index contributed by atoms with van der Waals surface area (Å²) in [4.78, 5) is 11.6. The minimum absolute atomic E-state index is 0.0773. The Hall–Kier alpha value is -2.07. The Morgan fingerprint density at radius 2 is 2.19 bits per heavy atom. The van der Waals surface area contributed by atoms with Crippen molar-refractivity contribution < 1.29 is 17.9 Å². The largest absolute Gasteiger partial charge is 0.493 e. The Morgan fingerprint density at radius 3 is 2.86 bits per heavy atom. The number of nitrogens with one attached hydrogen (secondary N) is 1. The van der Waals surface area contributed by atoms with Crippen LogP contribution >= 0.6 is 0 Å². The first kappa shape index (κ1) is 17.0. The number of nitrogens with zero attached hydrogens (tertiary/aromatic N) is 1. The summed E-state index contributed by atoms with van der Waals surface area (Å²) in [6, 6.07) is 8.86. The maximum Gasteiger partial charge on any atom is 0.225 e. The molecule has 0 saturated carbocycles. The number of benzene rings is 1. The highest BCUT2D eigenvalue weighted by molar-refractivity contribution is 7.90. The number of amides is 1. The van der Waals surface area contributed by atoms with Gasteiger partial charge in [-0.05, 0) is 18.6 Å². The molecular formula is C14H18N2O4S. The number of sulfone groups is 1. The van der Waals surface area contributed by atoms with Gasteiger partial charge in [0.2, 0.25) is 5.91 Å². The second kappa shape index (κ2) is 8.27. The van der Waals surface area contributed by atoms with Gasteiger partial charge in [0.25, 0.3) is 0 Å². The molecule has 1 amide bonds. The van der Waals surface area contributed by atoms with E-state index in [9.17, 15) is 13.2 Å². The minimum Gasteiger partial charge on any atom is -0.493 e. The SMILES string of the molecule is CS(=O)(=O)CCC(=O)Nc1cccc(OCCCC#N)c1. The third-order valence-electron chi connectivity index (χ3n) is 2.52. The summed E-state index contributed by atoms with van der Waals surface area (Å²) in [5, 5.41) is 11.0. The molecule has 6 nitrogen and oxygen atoms in total. The number of hydrogen-bond acceptors (Lipinski definition) is 5. The van der Waals surface area contributed by atoms with Crippen molar-refractivity contribution in [1.82, 2.24) is 0 Å². The first-order valence-electron chi connectivity index (χ1n) is 6.48. The summed E-state index contributed by atoms with van der Waals surface area (Å²) in [5.41, 5.74) is 0.547. The van der Waals surface area contributed by atoms with Crippen LogP contribution in [-0.4, -0.2) is 32.9 Å². The van der Waals surface area contributed by atoms with Crippen molar-refractivity contribution in [3.63, 3.8) is 0 Å². The lowest BCUT2D eigenvalue weighted by atomic mass is 10.3. The third kappa shape index (κ3) is 7.95. The zero-order chi connectivity index (χ0) is 15.7. The molecule has 1 N–H and O–H groups in total. The fourth-order valence-electron chi connectivity index (χ4n) is 1.51. The number of hydrogen-bond donors (Lipinski definition) is 1. The third-order valence-corrected chi connectivity index (χ3v) is 3.47. The van der Waals surface area contributed by atoms with Crippen molar-refractivity contribution in [3.05, 3.63) is 24.3 Å². The van der Waals surface area contributed by atoms with Crippen LogP contribution in [-0.2, 0) is 14.6 Å². The van der Waals surface area contributed by atoms with Gasteiger partial charge in [0.05, 0.1) is 18.4 Å². The van der Waals surface area contributed by atoms with Crippen molar-refractivity contribution in [1.29, 1.82) is 5.26 Å². The highest BCUT2D eigenvalue weighted by atomic mass is 32.2. The van der Waals surface area contributed by atoms with Gasteiger partial charge >= 0.3 is 0 Å². The first-order valence-corrected chi connectivity index (χ1v) is 8.54. The Bertz CT molecular complexity index is 620. The smallest absolute Gasteiger partial charge is 0.225 e. The van der Waals surface area contributed by atoms with Crippen LogP contribution in [0.5, 0.6) is 5.75 Å². The molecule has 1 aromatic carbocycles. The van der Waals surface area contributed by atoms with Crippen molar-refractivity contribution in [2.75, 3.05) is 23.9 Å². The molecule has 1 rings (SSSR count). The fraction of sp³-hybridized carbons (Fsp3) is 0.429. The van der Waals surface area contributed by atoms with Crippen molar-refractivity contribution in [2.45, 2.75) is 19.3 Å². The minimum atomic E-state index is -3.15.